The summed E-state index contributed by atoms with van der Waals surface area (Å²) in [6, 6.07) is 69.1. The van der Waals surface area contributed by atoms with Crippen LogP contribution in [0.3, 0.4) is 0 Å². The van der Waals surface area contributed by atoms with Gasteiger partial charge < -0.3 is 14.2 Å². The first-order valence-corrected chi connectivity index (χ1v) is 17.3. The predicted molar refractivity (Wildman–Crippen MR) is 212 cm³/mol. The van der Waals surface area contributed by atoms with Gasteiger partial charge in [0.15, 0.2) is 11.5 Å². The van der Waals surface area contributed by atoms with Crippen LogP contribution in [0.25, 0.3) is 60.9 Å². The molecule has 3 heteroatoms. The Bertz CT molecular complexity index is 2710. The van der Waals surface area contributed by atoms with Crippen LogP contribution in [0.15, 0.2) is 194 Å². The molecule has 0 bridgehead atoms. The zero-order chi connectivity index (χ0) is 33.7. The molecule has 240 valence electrons. The molecule has 0 amide bonds. The van der Waals surface area contributed by atoms with Gasteiger partial charge >= 0.3 is 0 Å². The van der Waals surface area contributed by atoms with Crippen LogP contribution in [-0.4, -0.2) is 4.57 Å². The van der Waals surface area contributed by atoms with Crippen LogP contribution < -0.4 is 9.64 Å². The lowest BCUT2D eigenvalue weighted by molar-refractivity contribution is 0.477. The van der Waals surface area contributed by atoms with Crippen molar-refractivity contribution in [3.8, 4) is 50.6 Å². The maximum Gasteiger partial charge on any atom is 0.152 e. The number of hydrogen-bond acceptors (Lipinski definition) is 2. The number of para-hydroxylation sites is 3. The molecule has 3 nitrogen and oxygen atoms in total. The molecule has 0 radical (unpaired) electrons. The summed E-state index contributed by atoms with van der Waals surface area (Å²) < 4.78 is 8.99. The molecule has 0 aliphatic carbocycles. The van der Waals surface area contributed by atoms with Gasteiger partial charge in [0.1, 0.15) is 0 Å². The molecule has 0 spiro atoms. The summed E-state index contributed by atoms with van der Waals surface area (Å²) in [5, 5.41) is 2.45. The Morgan fingerprint density at radius 1 is 0.314 bits per heavy atom. The number of benzene rings is 8. The number of hydrogen-bond donors (Lipinski definition) is 0. The topological polar surface area (TPSA) is 17.4 Å². The lowest BCUT2D eigenvalue weighted by Crippen LogP contribution is -2.15. The molecule has 0 atom stereocenters. The summed E-state index contributed by atoms with van der Waals surface area (Å²) in [6.45, 7) is 0. The van der Waals surface area contributed by atoms with Crippen molar-refractivity contribution in [2.75, 3.05) is 4.90 Å². The highest BCUT2D eigenvalue weighted by Gasteiger charge is 2.26. The van der Waals surface area contributed by atoms with Gasteiger partial charge in [-0.15, -0.1) is 0 Å². The summed E-state index contributed by atoms with van der Waals surface area (Å²) >= 11 is 0. The van der Waals surface area contributed by atoms with Crippen molar-refractivity contribution in [2.45, 2.75) is 0 Å². The van der Waals surface area contributed by atoms with E-state index in [1.807, 2.05) is 12.1 Å². The number of fused-ring (bicyclic) bond motifs is 5. The molecule has 8 aromatic carbocycles. The number of ether oxygens (including phenoxy) is 1. The Kier molecular flexibility index (Phi) is 6.81. The summed E-state index contributed by atoms with van der Waals surface area (Å²) in [7, 11) is 0. The molecular formula is C48H32N2O. The van der Waals surface area contributed by atoms with E-state index in [0.717, 1.165) is 45.4 Å². The van der Waals surface area contributed by atoms with Gasteiger partial charge in [0.2, 0.25) is 0 Å². The van der Waals surface area contributed by atoms with Gasteiger partial charge in [-0.05, 0) is 100 Å². The maximum absolute atomic E-state index is 6.61. The van der Waals surface area contributed by atoms with Gasteiger partial charge in [-0.25, -0.2) is 0 Å². The first-order chi connectivity index (χ1) is 25.3. The van der Waals surface area contributed by atoms with Gasteiger partial charge in [0, 0.05) is 22.1 Å². The highest BCUT2D eigenvalue weighted by Crippen LogP contribution is 2.51. The van der Waals surface area contributed by atoms with Crippen LogP contribution in [0, 0.1) is 0 Å². The lowest BCUT2D eigenvalue weighted by atomic mass is 10.0. The minimum absolute atomic E-state index is 0.832. The molecule has 10 rings (SSSR count). The molecule has 2 heterocycles. The van der Waals surface area contributed by atoms with Crippen molar-refractivity contribution < 1.29 is 4.74 Å². The van der Waals surface area contributed by atoms with E-state index in [4.69, 9.17) is 4.74 Å². The Hall–Kier alpha value is -6.84. The summed E-state index contributed by atoms with van der Waals surface area (Å²) in [5.41, 5.74) is 13.7. The largest absolute Gasteiger partial charge is 0.453 e. The fraction of sp³-hybridized carbons (Fsp3) is 0. The predicted octanol–water partition coefficient (Wildman–Crippen LogP) is 13.4. The second-order valence-electron chi connectivity index (χ2n) is 13.0. The van der Waals surface area contributed by atoms with E-state index < -0.39 is 0 Å². The fourth-order valence-electron chi connectivity index (χ4n) is 7.53. The van der Waals surface area contributed by atoms with Gasteiger partial charge in [0.25, 0.3) is 0 Å². The standard InChI is InChI=1S/C48H32N2O/c1-3-12-33(13-4-1)35-22-26-39(27-23-35)49-45-20-9-10-21-47(45)51-48-32-38(25-29-46(48)49)37-24-28-44-42(31-37)41-18-7-8-19-43(41)50(44)40-17-11-16-36(30-40)34-14-5-2-6-15-34/h1-32H. The SMILES string of the molecule is c1ccc(-c2ccc(N3c4ccccc4Oc4cc(-c5ccc6c(c5)c5ccccc5n6-c5cccc(-c6ccccc6)c5)ccc43)cc2)cc1. The Labute approximate surface area is 296 Å². The van der Waals surface area contributed by atoms with E-state index in [2.05, 4.69) is 191 Å². The van der Waals surface area contributed by atoms with Crippen molar-refractivity contribution in [1.29, 1.82) is 0 Å². The van der Waals surface area contributed by atoms with Crippen molar-refractivity contribution in [1.82, 2.24) is 4.57 Å². The molecule has 9 aromatic rings. The van der Waals surface area contributed by atoms with Crippen LogP contribution in [0.2, 0.25) is 0 Å². The third kappa shape index (κ3) is 4.98. The second kappa shape index (κ2) is 11.9. The zero-order valence-corrected chi connectivity index (χ0v) is 27.8. The van der Waals surface area contributed by atoms with Gasteiger partial charge in [-0.2, -0.15) is 0 Å². The highest BCUT2D eigenvalue weighted by molar-refractivity contribution is 6.10. The van der Waals surface area contributed by atoms with Gasteiger partial charge in [-0.1, -0.05) is 127 Å². The smallest absolute Gasteiger partial charge is 0.152 e. The van der Waals surface area contributed by atoms with E-state index in [0.29, 0.717) is 0 Å². The number of aromatic nitrogens is 1. The van der Waals surface area contributed by atoms with Crippen molar-refractivity contribution in [3.63, 3.8) is 0 Å². The van der Waals surface area contributed by atoms with E-state index >= 15 is 0 Å². The molecule has 1 aliphatic heterocycles. The van der Waals surface area contributed by atoms with E-state index in [-0.39, 0.29) is 0 Å². The summed E-state index contributed by atoms with van der Waals surface area (Å²) in [4.78, 5) is 2.30. The normalized spacial score (nSPS) is 12.0. The average molecular weight is 653 g/mol. The monoisotopic (exact) mass is 652 g/mol. The molecular weight excluding hydrogens is 621 g/mol. The van der Waals surface area contributed by atoms with Crippen LogP contribution in [0.4, 0.5) is 17.1 Å². The average Bonchev–Trinajstić information content (AvgIpc) is 3.54. The molecule has 51 heavy (non-hydrogen) atoms. The van der Waals surface area contributed by atoms with Gasteiger partial charge in [0.05, 0.1) is 22.4 Å². The Morgan fingerprint density at radius 2 is 0.882 bits per heavy atom. The molecule has 0 fully saturated rings. The first-order valence-electron chi connectivity index (χ1n) is 17.3. The fourth-order valence-corrected chi connectivity index (χ4v) is 7.53. The minimum atomic E-state index is 0.832. The minimum Gasteiger partial charge on any atom is -0.453 e. The van der Waals surface area contributed by atoms with E-state index in [1.54, 1.807) is 0 Å². The zero-order valence-electron chi connectivity index (χ0n) is 27.8. The van der Waals surface area contributed by atoms with Crippen LogP contribution in [0.5, 0.6) is 11.5 Å². The molecule has 0 N–H and O–H groups in total. The molecule has 0 saturated heterocycles. The number of nitrogens with zero attached hydrogens (tertiary/aromatic N) is 2. The number of anilines is 3. The Balaban J connectivity index is 1.06. The van der Waals surface area contributed by atoms with Crippen LogP contribution in [0.1, 0.15) is 0 Å². The Morgan fingerprint density at radius 3 is 1.71 bits per heavy atom. The lowest BCUT2D eigenvalue weighted by Gasteiger charge is -2.33. The number of rotatable bonds is 5. The van der Waals surface area contributed by atoms with Crippen LogP contribution in [-0.2, 0) is 0 Å². The second-order valence-corrected chi connectivity index (χ2v) is 13.0. The summed E-state index contributed by atoms with van der Waals surface area (Å²) in [6.07, 6.45) is 0. The third-order valence-electron chi connectivity index (χ3n) is 9.98. The van der Waals surface area contributed by atoms with Crippen molar-refractivity contribution in [2.24, 2.45) is 0 Å². The van der Waals surface area contributed by atoms with E-state index in [9.17, 15) is 0 Å². The quantitative estimate of drug-likeness (QED) is 0.184. The molecule has 0 unspecified atom stereocenters. The van der Waals surface area contributed by atoms with Crippen molar-refractivity contribution >= 4 is 38.9 Å². The molecule has 1 aromatic heterocycles. The highest BCUT2D eigenvalue weighted by atomic mass is 16.5. The third-order valence-corrected chi connectivity index (χ3v) is 9.98. The molecule has 0 saturated carbocycles. The first kappa shape index (κ1) is 29.1. The van der Waals surface area contributed by atoms with Gasteiger partial charge in [-0.3, -0.25) is 0 Å². The summed E-state index contributed by atoms with van der Waals surface area (Å²) in [5.74, 6) is 1.67. The maximum atomic E-state index is 6.61. The van der Waals surface area contributed by atoms with E-state index in [1.165, 1.54) is 44.1 Å². The molecule has 1 aliphatic rings. The van der Waals surface area contributed by atoms with Crippen molar-refractivity contribution in [3.05, 3.63) is 194 Å². The van der Waals surface area contributed by atoms with Crippen LogP contribution >= 0.6 is 0 Å².